The van der Waals surface area contributed by atoms with E-state index in [2.05, 4.69) is 4.98 Å². The van der Waals surface area contributed by atoms with Gasteiger partial charge in [0.25, 0.3) is 5.91 Å². The molecule has 142 valence electrons. The highest BCUT2D eigenvalue weighted by atomic mass is 19.4. The Morgan fingerprint density at radius 1 is 1.11 bits per heavy atom. The predicted octanol–water partition coefficient (Wildman–Crippen LogP) is 4.59. The van der Waals surface area contributed by atoms with Gasteiger partial charge in [0.05, 0.1) is 16.9 Å². The molecule has 0 fully saturated rings. The van der Waals surface area contributed by atoms with Crippen molar-refractivity contribution in [2.45, 2.75) is 19.5 Å². The zero-order chi connectivity index (χ0) is 19.9. The summed E-state index contributed by atoms with van der Waals surface area (Å²) in [5.41, 5.74) is -1.68. The Labute approximate surface area is 148 Å². The molecular formula is C17H11F6N3O. The Bertz CT molecular complexity index is 1040. The number of pyridine rings is 1. The minimum Gasteiger partial charge on any atom is -0.318 e. The molecule has 3 rings (SSSR count). The number of aryl methyl sites for hydroxylation is 1. The lowest BCUT2D eigenvalue weighted by molar-refractivity contribution is -0.137. The van der Waals surface area contributed by atoms with Crippen molar-refractivity contribution in [3.8, 4) is 0 Å². The quantitative estimate of drug-likeness (QED) is 0.528. The number of carbonyl (C=O) groups excluding carboxylic acids is 1. The van der Waals surface area contributed by atoms with Gasteiger partial charge in [-0.2, -0.15) is 13.2 Å². The van der Waals surface area contributed by atoms with E-state index in [0.29, 0.717) is 12.3 Å². The van der Waals surface area contributed by atoms with Gasteiger partial charge in [0.2, 0.25) is 0 Å². The molecule has 0 aliphatic rings. The number of aromatic nitrogens is 2. The number of amides is 1. The van der Waals surface area contributed by atoms with Gasteiger partial charge in [-0.15, -0.1) is 0 Å². The predicted molar refractivity (Wildman–Crippen MR) is 83.8 cm³/mol. The Morgan fingerprint density at radius 3 is 2.44 bits per heavy atom. The van der Waals surface area contributed by atoms with Crippen LogP contribution in [0.2, 0.25) is 0 Å². The van der Waals surface area contributed by atoms with E-state index in [1.807, 2.05) is 5.32 Å². The molecule has 0 bridgehead atoms. The molecule has 10 heteroatoms. The fourth-order valence-electron chi connectivity index (χ4n) is 2.55. The normalized spacial score (nSPS) is 11.8. The first-order valence-electron chi connectivity index (χ1n) is 7.66. The summed E-state index contributed by atoms with van der Waals surface area (Å²) in [5.74, 6) is -5.85. The van der Waals surface area contributed by atoms with Crippen LogP contribution in [-0.2, 0) is 12.6 Å². The second-order valence-corrected chi connectivity index (χ2v) is 5.58. The fourth-order valence-corrected chi connectivity index (χ4v) is 2.55. The molecule has 27 heavy (non-hydrogen) atoms. The number of halogens is 6. The number of hydrogen-bond donors (Lipinski definition) is 1. The molecule has 0 atom stereocenters. The van der Waals surface area contributed by atoms with E-state index >= 15 is 0 Å². The van der Waals surface area contributed by atoms with Crippen LogP contribution in [0.1, 0.15) is 28.7 Å². The van der Waals surface area contributed by atoms with Gasteiger partial charge < -0.3 is 5.32 Å². The van der Waals surface area contributed by atoms with E-state index in [1.165, 1.54) is 0 Å². The van der Waals surface area contributed by atoms with Crippen molar-refractivity contribution < 1.29 is 31.1 Å². The lowest BCUT2D eigenvalue weighted by Gasteiger charge is -2.10. The number of benzene rings is 1. The summed E-state index contributed by atoms with van der Waals surface area (Å²) in [5, 5.41) is 2.04. The van der Waals surface area contributed by atoms with Gasteiger partial charge in [-0.1, -0.05) is 6.92 Å². The summed E-state index contributed by atoms with van der Waals surface area (Å²) in [6, 6.07) is 3.34. The zero-order valence-corrected chi connectivity index (χ0v) is 13.7. The van der Waals surface area contributed by atoms with E-state index in [4.69, 9.17) is 0 Å². The average molecular weight is 387 g/mol. The first-order valence-corrected chi connectivity index (χ1v) is 7.66. The summed E-state index contributed by atoms with van der Waals surface area (Å²) in [7, 11) is 0. The highest BCUT2D eigenvalue weighted by Gasteiger charge is 2.32. The highest BCUT2D eigenvalue weighted by molar-refractivity contribution is 6.04. The van der Waals surface area contributed by atoms with Gasteiger partial charge in [0.15, 0.2) is 17.5 Å². The standard InChI is InChI=1S/C17H11F6N3O/c1-2-10-15(16(27)25-11-5-4-9(18)13(19)14(11)20)26-7-8(17(21,22)23)3-6-12(26)24-10/h3-7H,2H2,1H3,(H,25,27). The maximum atomic E-state index is 13.8. The Morgan fingerprint density at radius 2 is 1.81 bits per heavy atom. The Kier molecular flexibility index (Phi) is 4.58. The van der Waals surface area contributed by atoms with Crippen molar-refractivity contribution >= 4 is 17.2 Å². The second kappa shape index (κ2) is 6.60. The molecule has 0 saturated carbocycles. The second-order valence-electron chi connectivity index (χ2n) is 5.58. The minimum absolute atomic E-state index is 0.0794. The van der Waals surface area contributed by atoms with Crippen molar-refractivity contribution in [2.75, 3.05) is 5.32 Å². The van der Waals surface area contributed by atoms with Crippen LogP contribution in [0.15, 0.2) is 30.5 Å². The van der Waals surface area contributed by atoms with E-state index in [0.717, 1.165) is 22.6 Å². The average Bonchev–Trinajstić information content (AvgIpc) is 2.99. The highest BCUT2D eigenvalue weighted by Crippen LogP contribution is 2.30. The molecule has 1 N–H and O–H groups in total. The largest absolute Gasteiger partial charge is 0.417 e. The maximum absolute atomic E-state index is 13.8. The Hall–Kier alpha value is -3.04. The van der Waals surface area contributed by atoms with Gasteiger partial charge >= 0.3 is 6.18 Å². The molecule has 0 saturated heterocycles. The van der Waals surface area contributed by atoms with Gasteiger partial charge in [0, 0.05) is 6.20 Å². The molecule has 1 amide bonds. The number of fused-ring (bicyclic) bond motifs is 1. The van der Waals surface area contributed by atoms with Crippen LogP contribution in [0.25, 0.3) is 5.65 Å². The minimum atomic E-state index is -4.65. The third kappa shape index (κ3) is 3.34. The third-order valence-corrected chi connectivity index (χ3v) is 3.85. The monoisotopic (exact) mass is 387 g/mol. The van der Waals surface area contributed by atoms with E-state index in [9.17, 15) is 31.1 Å². The van der Waals surface area contributed by atoms with Gasteiger partial charge in [-0.25, -0.2) is 18.2 Å². The smallest absolute Gasteiger partial charge is 0.318 e. The summed E-state index contributed by atoms with van der Waals surface area (Å²) in [4.78, 5) is 16.6. The summed E-state index contributed by atoms with van der Waals surface area (Å²) in [6.45, 7) is 1.63. The molecule has 4 nitrogen and oxygen atoms in total. The molecule has 2 heterocycles. The topological polar surface area (TPSA) is 46.4 Å². The molecule has 1 aromatic carbocycles. The molecule has 0 spiro atoms. The molecule has 0 unspecified atom stereocenters. The summed E-state index contributed by atoms with van der Waals surface area (Å²) < 4.78 is 79.9. The van der Waals surface area contributed by atoms with E-state index < -0.39 is 40.8 Å². The fraction of sp³-hybridized carbons (Fsp3) is 0.176. The first-order chi connectivity index (χ1) is 12.6. The molecule has 0 radical (unpaired) electrons. The maximum Gasteiger partial charge on any atom is 0.417 e. The summed E-state index contributed by atoms with van der Waals surface area (Å²) in [6.07, 6.45) is -3.76. The number of carbonyl (C=O) groups is 1. The number of anilines is 1. The molecule has 3 aromatic rings. The van der Waals surface area contributed by atoms with Crippen molar-refractivity contribution in [3.63, 3.8) is 0 Å². The zero-order valence-electron chi connectivity index (χ0n) is 13.7. The number of alkyl halides is 3. The molecule has 2 aromatic heterocycles. The van der Waals surface area contributed by atoms with Crippen molar-refractivity contribution in [1.29, 1.82) is 0 Å². The van der Waals surface area contributed by atoms with Crippen molar-refractivity contribution in [3.05, 3.63) is 64.9 Å². The lowest BCUT2D eigenvalue weighted by atomic mass is 10.2. The number of nitrogens with zero attached hydrogens (tertiary/aromatic N) is 2. The number of hydrogen-bond acceptors (Lipinski definition) is 2. The molecular weight excluding hydrogens is 376 g/mol. The van der Waals surface area contributed by atoms with Gasteiger partial charge in [0.1, 0.15) is 11.3 Å². The number of nitrogens with one attached hydrogen (secondary N) is 1. The van der Waals surface area contributed by atoms with Crippen LogP contribution in [-0.4, -0.2) is 15.3 Å². The molecule has 0 aliphatic carbocycles. The van der Waals surface area contributed by atoms with Crippen LogP contribution in [0.5, 0.6) is 0 Å². The Balaban J connectivity index is 2.09. The van der Waals surface area contributed by atoms with Crippen LogP contribution in [0.3, 0.4) is 0 Å². The first kappa shape index (κ1) is 18.7. The van der Waals surface area contributed by atoms with Crippen LogP contribution in [0, 0.1) is 17.5 Å². The van der Waals surface area contributed by atoms with Crippen molar-refractivity contribution in [2.24, 2.45) is 0 Å². The van der Waals surface area contributed by atoms with Gasteiger partial charge in [-0.05, 0) is 30.7 Å². The molecule has 0 aliphatic heterocycles. The summed E-state index contributed by atoms with van der Waals surface area (Å²) >= 11 is 0. The van der Waals surface area contributed by atoms with E-state index in [-0.39, 0.29) is 23.5 Å². The lowest BCUT2D eigenvalue weighted by Crippen LogP contribution is -2.18. The van der Waals surface area contributed by atoms with Crippen LogP contribution in [0.4, 0.5) is 32.0 Å². The number of imidazole rings is 1. The van der Waals surface area contributed by atoms with Crippen LogP contribution >= 0.6 is 0 Å². The third-order valence-electron chi connectivity index (χ3n) is 3.85. The van der Waals surface area contributed by atoms with Gasteiger partial charge in [-0.3, -0.25) is 9.20 Å². The van der Waals surface area contributed by atoms with E-state index in [1.54, 1.807) is 6.92 Å². The SMILES string of the molecule is CCc1nc2ccc(C(F)(F)F)cn2c1C(=O)Nc1ccc(F)c(F)c1F. The number of rotatable bonds is 3. The van der Waals surface area contributed by atoms with Crippen LogP contribution < -0.4 is 5.32 Å². The van der Waals surface area contributed by atoms with Crippen molar-refractivity contribution in [1.82, 2.24) is 9.38 Å².